The van der Waals surface area contributed by atoms with Crippen LogP contribution in [0.4, 0.5) is 0 Å². The fourth-order valence-corrected chi connectivity index (χ4v) is 4.32. The fraction of sp³-hybridized carbons (Fsp3) is 0.579. The molecular formula is C19H27N5O. The van der Waals surface area contributed by atoms with E-state index in [9.17, 15) is 4.79 Å². The van der Waals surface area contributed by atoms with Gasteiger partial charge in [0.2, 0.25) is 0 Å². The summed E-state index contributed by atoms with van der Waals surface area (Å²) in [4.78, 5) is 25.4. The van der Waals surface area contributed by atoms with Crippen LogP contribution in [0.3, 0.4) is 0 Å². The number of rotatable bonds is 3. The first kappa shape index (κ1) is 16.5. The van der Waals surface area contributed by atoms with Gasteiger partial charge in [0.15, 0.2) is 0 Å². The van der Waals surface area contributed by atoms with Crippen LogP contribution >= 0.6 is 0 Å². The quantitative estimate of drug-likeness (QED) is 0.898. The summed E-state index contributed by atoms with van der Waals surface area (Å²) in [5.41, 5.74) is 2.13. The van der Waals surface area contributed by atoms with Crippen LogP contribution < -0.4 is 5.32 Å². The molecule has 0 unspecified atom stereocenters. The number of aromatic nitrogens is 2. The van der Waals surface area contributed by atoms with Gasteiger partial charge < -0.3 is 15.2 Å². The molecule has 6 heteroatoms. The molecular weight excluding hydrogens is 314 g/mol. The van der Waals surface area contributed by atoms with Crippen LogP contribution in [0.5, 0.6) is 0 Å². The number of carbonyl (C=O) groups excluding carboxylic acids is 1. The lowest BCUT2D eigenvalue weighted by Gasteiger charge is -2.49. The van der Waals surface area contributed by atoms with Gasteiger partial charge in [-0.25, -0.2) is 4.98 Å². The molecule has 0 bridgehead atoms. The minimum atomic E-state index is -0.199. The number of hydrogen-bond donors (Lipinski definition) is 2. The zero-order chi connectivity index (χ0) is 17.3. The van der Waals surface area contributed by atoms with E-state index in [0.717, 1.165) is 50.1 Å². The molecule has 1 aromatic heterocycles. The number of hydrogen-bond acceptors (Lipinski definition) is 4. The van der Waals surface area contributed by atoms with Crippen molar-refractivity contribution in [2.24, 2.45) is 0 Å². The summed E-state index contributed by atoms with van der Waals surface area (Å²) in [5.74, 6) is -0.00136. The number of piperazine rings is 1. The minimum Gasteiger partial charge on any atom is -0.345 e. The van der Waals surface area contributed by atoms with E-state index in [1.54, 1.807) is 6.33 Å². The molecule has 0 atom stereocenters. The van der Waals surface area contributed by atoms with Crippen molar-refractivity contribution >= 4 is 16.9 Å². The predicted octanol–water partition coefficient (Wildman–Crippen LogP) is 2.20. The number of fused-ring (bicyclic) bond motifs is 1. The standard InChI is InChI=1S/C19H27N5O/c1-23-10-12-24(13-11-23)19(8-3-2-4-9-19)22-18(25)15-6-5-7-16-17(15)21-14-20-16/h5-7,14H,2-4,8-13H2,1H3,(H,20,21)(H,22,25). The van der Waals surface area contributed by atoms with E-state index in [-0.39, 0.29) is 11.6 Å². The van der Waals surface area contributed by atoms with Gasteiger partial charge in [-0.05, 0) is 44.9 Å². The average Bonchev–Trinajstić information content (AvgIpc) is 3.11. The van der Waals surface area contributed by atoms with Crippen molar-refractivity contribution in [3.05, 3.63) is 30.1 Å². The number of carbonyl (C=O) groups is 1. The third-order valence-electron chi connectivity index (χ3n) is 5.83. The van der Waals surface area contributed by atoms with Crippen molar-refractivity contribution < 1.29 is 4.79 Å². The first-order chi connectivity index (χ1) is 12.2. The summed E-state index contributed by atoms with van der Waals surface area (Å²) in [5, 5.41) is 3.43. The Balaban J connectivity index is 1.60. The molecule has 1 amide bonds. The van der Waals surface area contributed by atoms with Gasteiger partial charge in [0.05, 0.1) is 23.1 Å². The number of imidazole rings is 1. The molecule has 2 heterocycles. The smallest absolute Gasteiger partial charge is 0.254 e. The van der Waals surface area contributed by atoms with Crippen molar-refractivity contribution in [3.8, 4) is 0 Å². The summed E-state index contributed by atoms with van der Waals surface area (Å²) >= 11 is 0. The second-order valence-corrected chi connectivity index (χ2v) is 7.44. The Morgan fingerprint density at radius 2 is 1.92 bits per heavy atom. The number of para-hydroxylation sites is 1. The fourth-order valence-electron chi connectivity index (χ4n) is 4.32. The van der Waals surface area contributed by atoms with Gasteiger partial charge in [-0.2, -0.15) is 0 Å². The highest BCUT2D eigenvalue weighted by atomic mass is 16.2. The topological polar surface area (TPSA) is 64.3 Å². The Bertz CT molecular complexity index is 741. The largest absolute Gasteiger partial charge is 0.345 e. The van der Waals surface area contributed by atoms with E-state index >= 15 is 0 Å². The maximum Gasteiger partial charge on any atom is 0.254 e. The first-order valence-electron chi connectivity index (χ1n) is 9.36. The van der Waals surface area contributed by atoms with Gasteiger partial charge in [-0.1, -0.05) is 12.5 Å². The summed E-state index contributed by atoms with van der Waals surface area (Å²) in [6.45, 7) is 4.16. The lowest BCUT2D eigenvalue weighted by Crippen LogP contribution is -2.65. The van der Waals surface area contributed by atoms with Crippen molar-refractivity contribution in [2.75, 3.05) is 33.2 Å². The zero-order valence-electron chi connectivity index (χ0n) is 14.9. The lowest BCUT2D eigenvalue weighted by atomic mass is 9.86. The van der Waals surface area contributed by atoms with Crippen LogP contribution in [-0.2, 0) is 0 Å². The Kier molecular flexibility index (Phi) is 4.48. The predicted molar refractivity (Wildman–Crippen MR) is 98.4 cm³/mol. The van der Waals surface area contributed by atoms with Gasteiger partial charge in [0.1, 0.15) is 5.52 Å². The maximum absolute atomic E-state index is 13.1. The third kappa shape index (κ3) is 3.16. The third-order valence-corrected chi connectivity index (χ3v) is 5.83. The van der Waals surface area contributed by atoms with Crippen molar-refractivity contribution in [3.63, 3.8) is 0 Å². The molecule has 2 aromatic rings. The van der Waals surface area contributed by atoms with Gasteiger partial charge >= 0.3 is 0 Å². The number of nitrogens with zero attached hydrogens (tertiary/aromatic N) is 3. The van der Waals surface area contributed by atoms with Gasteiger partial charge in [-0.15, -0.1) is 0 Å². The maximum atomic E-state index is 13.1. The summed E-state index contributed by atoms with van der Waals surface area (Å²) < 4.78 is 0. The summed E-state index contributed by atoms with van der Waals surface area (Å²) in [6.07, 6.45) is 7.36. The van der Waals surface area contributed by atoms with Crippen molar-refractivity contribution in [1.29, 1.82) is 0 Å². The van der Waals surface area contributed by atoms with Gasteiger partial charge in [0, 0.05) is 26.2 Å². The van der Waals surface area contributed by atoms with E-state index in [2.05, 4.69) is 32.1 Å². The second-order valence-electron chi connectivity index (χ2n) is 7.44. The SMILES string of the molecule is CN1CCN(C2(NC(=O)c3cccc4[nH]cnc34)CCCCC2)CC1. The molecule has 1 saturated heterocycles. The highest BCUT2D eigenvalue weighted by molar-refractivity contribution is 6.05. The van der Waals surface area contributed by atoms with E-state index in [1.165, 1.54) is 19.3 Å². The molecule has 2 N–H and O–H groups in total. The summed E-state index contributed by atoms with van der Waals surface area (Å²) in [7, 11) is 2.17. The molecule has 0 radical (unpaired) electrons. The Morgan fingerprint density at radius 3 is 2.68 bits per heavy atom. The van der Waals surface area contributed by atoms with Crippen LogP contribution in [-0.4, -0.2) is 64.6 Å². The zero-order valence-corrected chi connectivity index (χ0v) is 14.9. The molecule has 0 spiro atoms. The van der Waals surface area contributed by atoms with Crippen LogP contribution in [0.25, 0.3) is 11.0 Å². The highest BCUT2D eigenvalue weighted by Gasteiger charge is 2.40. The number of likely N-dealkylation sites (N-methyl/N-ethyl adjacent to an activating group) is 1. The molecule has 1 saturated carbocycles. The molecule has 2 aliphatic rings. The molecule has 1 aromatic carbocycles. The lowest BCUT2D eigenvalue weighted by molar-refractivity contribution is -0.00734. The van der Waals surface area contributed by atoms with Crippen molar-refractivity contribution in [1.82, 2.24) is 25.1 Å². The number of H-pyrrole nitrogens is 1. The first-order valence-corrected chi connectivity index (χ1v) is 9.36. The minimum absolute atomic E-state index is 0.00136. The Hall–Kier alpha value is -1.92. The van der Waals surface area contributed by atoms with Crippen LogP contribution in [0.1, 0.15) is 42.5 Å². The monoisotopic (exact) mass is 341 g/mol. The number of amides is 1. The van der Waals surface area contributed by atoms with E-state index in [0.29, 0.717) is 5.56 Å². The molecule has 2 fully saturated rings. The molecule has 1 aliphatic carbocycles. The van der Waals surface area contributed by atoms with Gasteiger partial charge in [0.25, 0.3) is 5.91 Å². The Morgan fingerprint density at radius 1 is 1.16 bits per heavy atom. The van der Waals surface area contributed by atoms with Crippen LogP contribution in [0.2, 0.25) is 0 Å². The molecule has 1 aliphatic heterocycles. The van der Waals surface area contributed by atoms with E-state index in [4.69, 9.17) is 0 Å². The normalized spacial score (nSPS) is 22.1. The second kappa shape index (κ2) is 6.77. The van der Waals surface area contributed by atoms with E-state index in [1.807, 2.05) is 18.2 Å². The number of nitrogens with one attached hydrogen (secondary N) is 2. The van der Waals surface area contributed by atoms with E-state index < -0.39 is 0 Å². The van der Waals surface area contributed by atoms with Gasteiger partial charge in [-0.3, -0.25) is 9.69 Å². The molecule has 6 nitrogen and oxygen atoms in total. The number of aromatic amines is 1. The van der Waals surface area contributed by atoms with Crippen molar-refractivity contribution in [2.45, 2.75) is 37.8 Å². The van der Waals surface area contributed by atoms with Crippen LogP contribution in [0, 0.1) is 0 Å². The molecule has 134 valence electrons. The number of benzene rings is 1. The Labute approximate surface area is 148 Å². The summed E-state index contributed by atoms with van der Waals surface area (Å²) in [6, 6.07) is 5.74. The average molecular weight is 341 g/mol. The molecule has 25 heavy (non-hydrogen) atoms. The highest BCUT2D eigenvalue weighted by Crippen LogP contribution is 2.33. The molecule has 4 rings (SSSR count). The van der Waals surface area contributed by atoms with Crippen LogP contribution in [0.15, 0.2) is 24.5 Å².